The number of carbonyl (C=O) groups is 4. The molecule has 0 amide bonds. The Kier molecular flexibility index (Phi) is 51.4. The predicted molar refractivity (Wildman–Crippen MR) is 294 cm³/mol. The van der Waals surface area contributed by atoms with Gasteiger partial charge in [-0.05, 0) is 85.2 Å². The van der Waals surface area contributed by atoms with Crippen LogP contribution in [-0.2, 0) is 49.5 Å². The van der Waals surface area contributed by atoms with E-state index in [0.29, 0.717) is 11.1 Å². The summed E-state index contributed by atoms with van der Waals surface area (Å²) in [6.07, 6.45) is 11.4. The second kappa shape index (κ2) is 52.1. The molecule has 2 fully saturated rings. The van der Waals surface area contributed by atoms with Crippen LogP contribution in [0.1, 0.15) is 91.1 Å². The van der Waals surface area contributed by atoms with E-state index in [1.807, 2.05) is 24.3 Å². The van der Waals surface area contributed by atoms with Crippen molar-refractivity contribution in [1.82, 2.24) is 9.80 Å². The maximum atomic E-state index is 11.4. The molecule has 432 valence electrons. The Balaban J connectivity index is -0.000000872. The Morgan fingerprint density at radius 3 is 0.797 bits per heavy atom. The van der Waals surface area contributed by atoms with Crippen LogP contribution in [0, 0.1) is 0 Å². The fourth-order valence-corrected chi connectivity index (χ4v) is 6.56. The number of aliphatic imine (C=N–C) groups is 2. The van der Waals surface area contributed by atoms with Gasteiger partial charge in [-0.15, -0.1) is 57.9 Å². The molecule has 0 aliphatic carbocycles. The maximum absolute atomic E-state index is 11.4. The van der Waals surface area contributed by atoms with Crippen LogP contribution < -0.4 is 30.6 Å². The molecule has 0 bridgehead atoms. The number of nitrogens with zero attached hydrogens (tertiary/aromatic N) is 4. The fraction of sp³-hybridized carbons (Fsp3) is 0.276. The van der Waals surface area contributed by atoms with E-state index in [-0.39, 0.29) is 93.9 Å². The van der Waals surface area contributed by atoms with Gasteiger partial charge in [0.1, 0.15) is 0 Å². The minimum Gasteiger partial charge on any atom is -0.872 e. The first-order valence-electron chi connectivity index (χ1n) is 24.0. The van der Waals surface area contributed by atoms with Crippen molar-refractivity contribution in [2.75, 3.05) is 63.0 Å². The van der Waals surface area contributed by atoms with Crippen LogP contribution >= 0.6 is 46.4 Å². The minimum atomic E-state index is -1.13. The first-order chi connectivity index (χ1) is 36.8. The van der Waals surface area contributed by atoms with Crippen molar-refractivity contribution < 1.29 is 99.3 Å². The predicted octanol–water partition coefficient (Wildman–Crippen LogP) is 6.37. The summed E-state index contributed by atoms with van der Waals surface area (Å²) in [5.41, 5.74) is 2.25. The summed E-state index contributed by atoms with van der Waals surface area (Å²) < 4.78 is 0. The van der Waals surface area contributed by atoms with Crippen LogP contribution in [0.3, 0.4) is 0 Å². The molecule has 2 aliphatic rings. The molecular weight excluding hydrogens is 1230 g/mol. The van der Waals surface area contributed by atoms with Crippen molar-refractivity contribution in [2.45, 2.75) is 38.5 Å². The first-order valence-corrected chi connectivity index (χ1v) is 26.2. The third kappa shape index (κ3) is 40.5. The zero-order chi connectivity index (χ0) is 56.0. The van der Waals surface area contributed by atoms with Crippen molar-refractivity contribution >= 4 is 82.7 Å². The number of carboxylic acids is 4. The zero-order valence-corrected chi connectivity index (χ0v) is 49.0. The molecule has 0 N–H and O–H groups in total. The van der Waals surface area contributed by atoms with Crippen LogP contribution in [0.15, 0.2) is 180 Å². The Labute approximate surface area is 514 Å². The monoisotopic (exact) mass is 1290 g/mol. The van der Waals surface area contributed by atoms with E-state index in [1.165, 1.54) is 113 Å². The van der Waals surface area contributed by atoms with Crippen molar-refractivity contribution in [1.29, 1.82) is 0 Å². The van der Waals surface area contributed by atoms with Crippen LogP contribution in [0.25, 0.3) is 0 Å². The number of carboxylic acid groups (broad SMARTS) is 4. The number of benzene rings is 6. The molecular formula is C58H62Cl4N4Ni3O10. The van der Waals surface area contributed by atoms with E-state index in [0.717, 1.165) is 26.2 Å². The molecule has 6 aromatic rings. The van der Waals surface area contributed by atoms with Gasteiger partial charge in [-0.2, -0.15) is 0 Å². The summed E-state index contributed by atoms with van der Waals surface area (Å²) in [5.74, 6) is -4.42. The number of aromatic carboxylic acids is 4. The Bertz CT molecular complexity index is 2250. The van der Waals surface area contributed by atoms with Crippen molar-refractivity contribution in [3.8, 4) is 11.5 Å². The molecule has 0 spiro atoms. The molecule has 21 heteroatoms. The summed E-state index contributed by atoms with van der Waals surface area (Å²) in [4.78, 5) is 53.9. The molecule has 0 unspecified atom stereocenters. The second-order valence-electron chi connectivity index (χ2n) is 15.8. The van der Waals surface area contributed by atoms with Crippen LogP contribution in [0.5, 0.6) is 11.5 Å². The number of rotatable bonds is 12. The van der Waals surface area contributed by atoms with Crippen molar-refractivity contribution in [2.24, 2.45) is 9.98 Å². The molecule has 6 aromatic carbocycles. The second-order valence-corrected chi connectivity index (χ2v) is 17.4. The van der Waals surface area contributed by atoms with E-state index < -0.39 is 23.9 Å². The number of hydrogen-bond acceptors (Lipinski definition) is 14. The molecule has 14 nitrogen and oxygen atoms in total. The average Bonchev–Trinajstić information content (AvgIpc) is 3.45. The Hall–Kier alpha value is -5.30. The Morgan fingerprint density at radius 2 is 0.595 bits per heavy atom. The van der Waals surface area contributed by atoms with Gasteiger partial charge >= 0.3 is 49.5 Å². The Morgan fingerprint density at radius 1 is 0.380 bits per heavy atom. The van der Waals surface area contributed by atoms with Crippen LogP contribution in [0.4, 0.5) is 0 Å². The number of para-hydroxylation sites is 2. The smallest absolute Gasteiger partial charge is 0.872 e. The van der Waals surface area contributed by atoms with Crippen LogP contribution in [-0.4, -0.2) is 109 Å². The van der Waals surface area contributed by atoms with E-state index in [9.17, 15) is 49.8 Å². The average molecular weight is 1290 g/mol. The van der Waals surface area contributed by atoms with Gasteiger partial charge in [-0.25, -0.2) is 0 Å². The molecule has 0 radical (unpaired) electrons. The number of alkyl halides is 4. The van der Waals surface area contributed by atoms with E-state index in [1.54, 1.807) is 109 Å². The summed E-state index contributed by atoms with van der Waals surface area (Å²) in [7, 11) is 0. The van der Waals surface area contributed by atoms with Gasteiger partial charge < -0.3 is 59.6 Å². The third-order valence-electron chi connectivity index (χ3n) is 10.3. The molecule has 79 heavy (non-hydrogen) atoms. The standard InChI is InChI=1S/2C14H20N2O.4C7H6O2.2CH2Cl2.3Ni/c2*17-14-7-3-2-6-13(14)12-15-8-11-16-9-4-1-5-10-16;4*8-7(9)6-4-2-1-3-5-6;2*2-1-3;;;/h2*2-3,6-7,12,17H,1,4-5,8-11H2;4*1-5H,(H,8,9);2*1H2;;;/q;;;;;;;;3*+2/p-6. The topological polar surface area (TPSA) is 238 Å². The zero-order valence-electron chi connectivity index (χ0n) is 43.0. The van der Waals surface area contributed by atoms with E-state index in [4.69, 9.17) is 46.4 Å². The molecule has 2 heterocycles. The van der Waals surface area contributed by atoms with Crippen molar-refractivity contribution in [3.63, 3.8) is 0 Å². The van der Waals surface area contributed by atoms with Crippen molar-refractivity contribution in [3.05, 3.63) is 203 Å². The molecule has 0 saturated carbocycles. The molecule has 2 saturated heterocycles. The molecule has 8 rings (SSSR count). The maximum Gasteiger partial charge on any atom is 2.00 e. The number of carbonyl (C=O) groups excluding carboxylic acids is 4. The van der Waals surface area contributed by atoms with Gasteiger partial charge in [-0.1, -0.05) is 183 Å². The van der Waals surface area contributed by atoms with Gasteiger partial charge in [0.2, 0.25) is 0 Å². The number of halogens is 4. The fourth-order valence-electron chi connectivity index (χ4n) is 6.56. The SMILES string of the molecule is ClCCl.ClCCl.O=C([O-])c1ccccc1.O=C([O-])c1ccccc1.O=C([O-])c1ccccc1.O=C([O-])c1ccccc1.[Ni+2].[Ni+2].[Ni+2].[O-]c1ccccc1C=NCCN1CCCCC1.[O-]c1ccccc1C=NCCN1CCCCC1. The van der Waals surface area contributed by atoms with Crippen LogP contribution in [0.2, 0.25) is 0 Å². The minimum absolute atomic E-state index is 0. The van der Waals surface area contributed by atoms with Gasteiger partial charge in [0.15, 0.2) is 0 Å². The number of piperidine rings is 2. The summed E-state index contributed by atoms with van der Waals surface area (Å²) >= 11 is 19.1. The van der Waals surface area contributed by atoms with Gasteiger partial charge in [0, 0.05) is 25.5 Å². The van der Waals surface area contributed by atoms with Gasteiger partial charge in [-0.3, -0.25) is 9.98 Å². The molecule has 2 aliphatic heterocycles. The molecule has 0 aromatic heterocycles. The number of hydrogen-bond donors (Lipinski definition) is 0. The third-order valence-corrected chi connectivity index (χ3v) is 10.3. The van der Waals surface area contributed by atoms with E-state index >= 15 is 0 Å². The van der Waals surface area contributed by atoms with Gasteiger partial charge in [0.05, 0.1) is 47.6 Å². The summed E-state index contributed by atoms with van der Waals surface area (Å²) in [6.45, 7) is 8.40. The molecule has 0 atom stereocenters. The number of likely N-dealkylation sites (tertiary alicyclic amines) is 2. The first kappa shape index (κ1) is 77.9. The van der Waals surface area contributed by atoms with Gasteiger partial charge in [0.25, 0.3) is 0 Å². The summed E-state index contributed by atoms with van der Waals surface area (Å²) in [6, 6.07) is 46.3. The summed E-state index contributed by atoms with van der Waals surface area (Å²) in [5, 5.41) is 63.6. The normalized spacial score (nSPS) is 12.1. The quantitative estimate of drug-likeness (QED) is 0.0739. The van der Waals surface area contributed by atoms with E-state index in [2.05, 4.69) is 19.8 Å². The largest absolute Gasteiger partial charge is 2.00 e.